The minimum Gasteiger partial charge on any atom is -0.328 e. The molecule has 0 heterocycles. The number of benzene rings is 1. The second-order valence-electron chi connectivity index (χ2n) is 4.48. The minimum absolute atomic E-state index is 0.444. The van der Waals surface area contributed by atoms with Gasteiger partial charge in [0.25, 0.3) is 0 Å². The SMILES string of the molecule is N[C@H]1CC[C@@H](NCc2ccccc2)CC1. The number of nitrogens with two attached hydrogens (primary N) is 1. The van der Waals surface area contributed by atoms with Crippen LogP contribution in [0.4, 0.5) is 0 Å². The van der Waals surface area contributed by atoms with Crippen LogP contribution in [-0.4, -0.2) is 12.1 Å². The van der Waals surface area contributed by atoms with Crippen molar-refractivity contribution in [3.8, 4) is 0 Å². The Bertz CT molecular complexity index is 276. The first-order valence-electron chi connectivity index (χ1n) is 5.87. The predicted octanol–water partition coefficient (Wildman–Crippen LogP) is 2.05. The molecule has 2 rings (SSSR count). The van der Waals surface area contributed by atoms with E-state index in [0.29, 0.717) is 12.1 Å². The molecule has 0 bridgehead atoms. The lowest BCUT2D eigenvalue weighted by Gasteiger charge is -2.26. The average Bonchev–Trinajstić information content (AvgIpc) is 2.30. The lowest BCUT2D eigenvalue weighted by atomic mass is 9.92. The number of hydrogen-bond acceptors (Lipinski definition) is 2. The van der Waals surface area contributed by atoms with Crippen LogP contribution in [-0.2, 0) is 6.54 Å². The van der Waals surface area contributed by atoms with Crippen molar-refractivity contribution >= 4 is 0 Å². The highest BCUT2D eigenvalue weighted by atomic mass is 14.9. The smallest absolute Gasteiger partial charge is 0.0208 e. The zero-order valence-electron chi connectivity index (χ0n) is 9.15. The first-order chi connectivity index (χ1) is 7.34. The van der Waals surface area contributed by atoms with E-state index in [2.05, 4.69) is 35.6 Å². The highest BCUT2D eigenvalue weighted by Crippen LogP contribution is 2.17. The Morgan fingerprint density at radius 3 is 2.40 bits per heavy atom. The van der Waals surface area contributed by atoms with Gasteiger partial charge in [-0.3, -0.25) is 0 Å². The van der Waals surface area contributed by atoms with Crippen LogP contribution >= 0.6 is 0 Å². The van der Waals surface area contributed by atoms with Crippen molar-refractivity contribution < 1.29 is 0 Å². The summed E-state index contributed by atoms with van der Waals surface area (Å²) in [7, 11) is 0. The van der Waals surface area contributed by atoms with E-state index in [1.165, 1.54) is 31.2 Å². The van der Waals surface area contributed by atoms with E-state index >= 15 is 0 Å². The Morgan fingerprint density at radius 2 is 1.73 bits per heavy atom. The van der Waals surface area contributed by atoms with Crippen LogP contribution in [0.15, 0.2) is 30.3 Å². The maximum atomic E-state index is 5.88. The summed E-state index contributed by atoms with van der Waals surface area (Å²) in [5, 5.41) is 3.60. The van der Waals surface area contributed by atoms with Crippen molar-refractivity contribution in [3.63, 3.8) is 0 Å². The second kappa shape index (κ2) is 5.29. The van der Waals surface area contributed by atoms with Crippen molar-refractivity contribution in [1.82, 2.24) is 5.32 Å². The molecule has 2 nitrogen and oxygen atoms in total. The van der Waals surface area contributed by atoms with Crippen LogP contribution < -0.4 is 11.1 Å². The predicted molar refractivity (Wildman–Crippen MR) is 63.5 cm³/mol. The van der Waals surface area contributed by atoms with Gasteiger partial charge >= 0.3 is 0 Å². The molecule has 0 spiro atoms. The molecular formula is C13H20N2. The van der Waals surface area contributed by atoms with Crippen LogP contribution in [0, 0.1) is 0 Å². The van der Waals surface area contributed by atoms with E-state index in [9.17, 15) is 0 Å². The molecule has 1 aliphatic carbocycles. The Morgan fingerprint density at radius 1 is 1.07 bits per heavy atom. The van der Waals surface area contributed by atoms with Gasteiger partial charge in [0.05, 0.1) is 0 Å². The van der Waals surface area contributed by atoms with Crippen molar-refractivity contribution in [3.05, 3.63) is 35.9 Å². The summed E-state index contributed by atoms with van der Waals surface area (Å²) in [5.41, 5.74) is 7.24. The Balaban J connectivity index is 1.74. The van der Waals surface area contributed by atoms with Crippen molar-refractivity contribution in [1.29, 1.82) is 0 Å². The maximum absolute atomic E-state index is 5.88. The molecule has 1 saturated carbocycles. The van der Waals surface area contributed by atoms with Gasteiger partial charge in [-0.2, -0.15) is 0 Å². The first kappa shape index (κ1) is 10.7. The largest absolute Gasteiger partial charge is 0.328 e. The Labute approximate surface area is 91.9 Å². The van der Waals surface area contributed by atoms with Crippen LogP contribution in [0.5, 0.6) is 0 Å². The van der Waals surface area contributed by atoms with Crippen LogP contribution in [0.3, 0.4) is 0 Å². The molecule has 82 valence electrons. The van der Waals surface area contributed by atoms with E-state index < -0.39 is 0 Å². The van der Waals surface area contributed by atoms with E-state index in [1.54, 1.807) is 0 Å². The normalized spacial score (nSPS) is 26.5. The van der Waals surface area contributed by atoms with Gasteiger partial charge in [0, 0.05) is 18.6 Å². The third-order valence-electron chi connectivity index (χ3n) is 3.21. The Hall–Kier alpha value is -0.860. The lowest BCUT2D eigenvalue weighted by Crippen LogP contribution is -2.36. The fourth-order valence-corrected chi connectivity index (χ4v) is 2.18. The number of hydrogen-bond donors (Lipinski definition) is 2. The highest BCUT2D eigenvalue weighted by Gasteiger charge is 2.17. The van der Waals surface area contributed by atoms with Crippen molar-refractivity contribution in [2.24, 2.45) is 5.73 Å². The molecule has 3 N–H and O–H groups in total. The monoisotopic (exact) mass is 204 g/mol. The van der Waals surface area contributed by atoms with E-state index in [1.807, 2.05) is 0 Å². The molecule has 1 aromatic rings. The van der Waals surface area contributed by atoms with Gasteiger partial charge in [-0.1, -0.05) is 30.3 Å². The molecule has 0 amide bonds. The quantitative estimate of drug-likeness (QED) is 0.790. The summed E-state index contributed by atoms with van der Waals surface area (Å²) >= 11 is 0. The fourth-order valence-electron chi connectivity index (χ4n) is 2.18. The zero-order valence-corrected chi connectivity index (χ0v) is 9.15. The summed E-state index contributed by atoms with van der Waals surface area (Å²) in [6.45, 7) is 0.987. The molecule has 2 heteroatoms. The van der Waals surface area contributed by atoms with Crippen LogP contribution in [0.2, 0.25) is 0 Å². The van der Waals surface area contributed by atoms with Gasteiger partial charge in [-0.25, -0.2) is 0 Å². The van der Waals surface area contributed by atoms with E-state index in [0.717, 1.165) is 6.54 Å². The standard InChI is InChI=1S/C13H20N2/c14-12-6-8-13(9-7-12)15-10-11-4-2-1-3-5-11/h1-5,12-13,15H,6-10,14H2/t12-,13+. The summed E-state index contributed by atoms with van der Waals surface area (Å²) in [6, 6.07) is 11.7. The third kappa shape index (κ3) is 3.33. The van der Waals surface area contributed by atoms with Gasteiger partial charge in [-0.15, -0.1) is 0 Å². The lowest BCUT2D eigenvalue weighted by molar-refractivity contribution is 0.342. The third-order valence-corrected chi connectivity index (χ3v) is 3.21. The molecule has 0 atom stereocenters. The van der Waals surface area contributed by atoms with E-state index in [-0.39, 0.29) is 0 Å². The summed E-state index contributed by atoms with van der Waals surface area (Å²) in [4.78, 5) is 0. The van der Waals surface area contributed by atoms with Gasteiger partial charge in [0.1, 0.15) is 0 Å². The van der Waals surface area contributed by atoms with Gasteiger partial charge in [0.2, 0.25) is 0 Å². The van der Waals surface area contributed by atoms with E-state index in [4.69, 9.17) is 5.73 Å². The zero-order chi connectivity index (χ0) is 10.5. The minimum atomic E-state index is 0.444. The topological polar surface area (TPSA) is 38.0 Å². The summed E-state index contributed by atoms with van der Waals surface area (Å²) in [6.07, 6.45) is 4.81. The molecule has 0 saturated heterocycles. The van der Waals surface area contributed by atoms with Crippen LogP contribution in [0.1, 0.15) is 31.2 Å². The van der Waals surface area contributed by atoms with Gasteiger partial charge in [0.15, 0.2) is 0 Å². The molecule has 0 radical (unpaired) electrons. The molecule has 0 aliphatic heterocycles. The molecule has 0 aromatic heterocycles. The van der Waals surface area contributed by atoms with Crippen molar-refractivity contribution in [2.45, 2.75) is 44.3 Å². The van der Waals surface area contributed by atoms with Crippen LogP contribution in [0.25, 0.3) is 0 Å². The molecular weight excluding hydrogens is 184 g/mol. The number of nitrogens with one attached hydrogen (secondary N) is 1. The molecule has 1 aliphatic rings. The molecule has 0 unspecified atom stereocenters. The van der Waals surface area contributed by atoms with Gasteiger partial charge in [-0.05, 0) is 31.2 Å². The summed E-state index contributed by atoms with van der Waals surface area (Å²) in [5.74, 6) is 0. The average molecular weight is 204 g/mol. The van der Waals surface area contributed by atoms with Crippen molar-refractivity contribution in [2.75, 3.05) is 0 Å². The Kier molecular flexibility index (Phi) is 3.75. The molecule has 1 fully saturated rings. The summed E-state index contributed by atoms with van der Waals surface area (Å²) < 4.78 is 0. The number of rotatable bonds is 3. The maximum Gasteiger partial charge on any atom is 0.0208 e. The highest BCUT2D eigenvalue weighted by molar-refractivity contribution is 5.14. The molecule has 15 heavy (non-hydrogen) atoms. The molecule has 1 aromatic carbocycles. The van der Waals surface area contributed by atoms with Gasteiger partial charge < -0.3 is 11.1 Å². The first-order valence-corrected chi connectivity index (χ1v) is 5.87. The fraction of sp³-hybridized carbons (Fsp3) is 0.538. The second-order valence-corrected chi connectivity index (χ2v) is 4.48.